The molecule has 0 heterocycles. The normalized spacial score (nSPS) is 14.0. The summed E-state index contributed by atoms with van der Waals surface area (Å²) in [5.41, 5.74) is 0.403. The maximum absolute atomic E-state index is 5.64. The van der Waals surface area contributed by atoms with E-state index in [-0.39, 0.29) is 18.9 Å². The Morgan fingerprint density at radius 1 is 1.27 bits per heavy atom. The van der Waals surface area contributed by atoms with Gasteiger partial charge in [0.25, 0.3) is 0 Å². The van der Waals surface area contributed by atoms with Gasteiger partial charge in [0.1, 0.15) is 10.5 Å². The maximum atomic E-state index is 5.64. The van der Waals surface area contributed by atoms with Gasteiger partial charge in [-0.3, -0.25) is 0 Å². The summed E-state index contributed by atoms with van der Waals surface area (Å²) < 4.78 is 5.64. The van der Waals surface area contributed by atoms with E-state index in [4.69, 9.17) is 4.43 Å². The molecule has 0 aromatic rings. The zero-order valence-corrected chi connectivity index (χ0v) is 13.8. The first-order valence-corrected chi connectivity index (χ1v) is 6.48. The molecule has 0 radical (unpaired) electrons. The van der Waals surface area contributed by atoms with Crippen LogP contribution < -0.4 is 18.9 Å². The summed E-state index contributed by atoms with van der Waals surface area (Å²) in [7, 11) is 0.872. The molecular weight excluding hydrogens is 195 g/mol. The van der Waals surface area contributed by atoms with Crippen LogP contribution in [0.5, 0.6) is 0 Å². The van der Waals surface area contributed by atoms with Crippen LogP contribution >= 0.6 is 0 Å². The van der Waals surface area contributed by atoms with Crippen LogP contribution in [0.3, 0.4) is 0 Å². The van der Waals surface area contributed by atoms with Crippen molar-refractivity contribution >= 4 is 10.5 Å². The molecule has 15 heavy (non-hydrogen) atoms. The van der Waals surface area contributed by atoms with Crippen molar-refractivity contribution in [3.05, 3.63) is 5.92 Å². The molecular formula is C12H27LiOSi. The first-order valence-electron chi connectivity index (χ1n) is 5.67. The molecule has 0 saturated heterocycles. The SMILES string of the molecule is C[C-](C)CCCC(CC(C)(C)C)O[SiH3].[Li+]. The van der Waals surface area contributed by atoms with Gasteiger partial charge in [0.05, 0.1) is 0 Å². The Morgan fingerprint density at radius 3 is 2.13 bits per heavy atom. The van der Waals surface area contributed by atoms with Gasteiger partial charge < -0.3 is 10.3 Å². The Labute approximate surface area is 111 Å². The minimum Gasteiger partial charge on any atom is -0.425 e. The van der Waals surface area contributed by atoms with Crippen molar-refractivity contribution in [2.75, 3.05) is 0 Å². The van der Waals surface area contributed by atoms with Crippen molar-refractivity contribution in [1.82, 2.24) is 0 Å². The molecule has 0 aliphatic carbocycles. The molecule has 0 spiro atoms. The molecule has 86 valence electrons. The fourth-order valence-electron chi connectivity index (χ4n) is 1.67. The molecule has 0 rings (SSSR count). The molecule has 0 bridgehead atoms. The molecule has 0 amide bonds. The van der Waals surface area contributed by atoms with Crippen LogP contribution in [0.15, 0.2) is 0 Å². The van der Waals surface area contributed by atoms with Gasteiger partial charge in [-0.15, -0.1) is 0 Å². The van der Waals surface area contributed by atoms with Gasteiger partial charge in [-0.05, 0) is 18.3 Å². The second-order valence-corrected chi connectivity index (χ2v) is 6.19. The largest absolute Gasteiger partial charge is 1.00 e. The van der Waals surface area contributed by atoms with E-state index < -0.39 is 0 Å². The second-order valence-electron chi connectivity index (χ2n) is 5.72. The van der Waals surface area contributed by atoms with Gasteiger partial charge in [-0.2, -0.15) is 20.3 Å². The molecule has 1 atom stereocenters. The second kappa shape index (κ2) is 8.87. The minimum absolute atomic E-state index is 0. The van der Waals surface area contributed by atoms with Crippen LogP contribution in [0.1, 0.15) is 60.3 Å². The van der Waals surface area contributed by atoms with Crippen LogP contribution in [0.4, 0.5) is 0 Å². The topological polar surface area (TPSA) is 9.23 Å². The van der Waals surface area contributed by atoms with Crippen LogP contribution in [0.2, 0.25) is 0 Å². The third kappa shape index (κ3) is 12.7. The quantitative estimate of drug-likeness (QED) is 0.450. The number of hydrogen-bond donors (Lipinski definition) is 0. The first kappa shape index (κ1) is 18.1. The Kier molecular flexibility index (Phi) is 10.7. The van der Waals surface area contributed by atoms with E-state index in [1.807, 2.05) is 0 Å². The van der Waals surface area contributed by atoms with Gasteiger partial charge in [-0.25, -0.2) is 0 Å². The minimum atomic E-state index is 0. The number of hydrogen-bond acceptors (Lipinski definition) is 1. The van der Waals surface area contributed by atoms with E-state index in [1.54, 1.807) is 0 Å². The van der Waals surface area contributed by atoms with E-state index in [0.717, 1.165) is 10.5 Å². The Morgan fingerprint density at radius 2 is 1.80 bits per heavy atom. The van der Waals surface area contributed by atoms with Gasteiger partial charge in [0, 0.05) is 6.10 Å². The van der Waals surface area contributed by atoms with Crippen molar-refractivity contribution in [1.29, 1.82) is 0 Å². The molecule has 3 heteroatoms. The molecule has 0 aromatic heterocycles. The summed E-state index contributed by atoms with van der Waals surface area (Å²) in [5.74, 6) is 1.54. The molecule has 0 fully saturated rings. The van der Waals surface area contributed by atoms with E-state index in [2.05, 4.69) is 34.6 Å². The Bertz CT molecular complexity index is 143. The predicted molar refractivity (Wildman–Crippen MR) is 67.3 cm³/mol. The molecule has 0 aliphatic rings. The van der Waals surface area contributed by atoms with E-state index in [0.29, 0.717) is 11.5 Å². The van der Waals surface area contributed by atoms with Gasteiger partial charge >= 0.3 is 18.9 Å². The van der Waals surface area contributed by atoms with E-state index in [9.17, 15) is 0 Å². The van der Waals surface area contributed by atoms with Gasteiger partial charge in [0.2, 0.25) is 0 Å². The van der Waals surface area contributed by atoms with E-state index in [1.165, 1.54) is 31.6 Å². The van der Waals surface area contributed by atoms with Crippen molar-refractivity contribution in [3.63, 3.8) is 0 Å². The molecule has 1 unspecified atom stereocenters. The summed E-state index contributed by atoms with van der Waals surface area (Å²) in [5, 5.41) is 0. The molecule has 0 saturated carbocycles. The van der Waals surface area contributed by atoms with Crippen molar-refractivity contribution in [3.8, 4) is 0 Å². The monoisotopic (exact) mass is 222 g/mol. The van der Waals surface area contributed by atoms with Crippen molar-refractivity contribution < 1.29 is 23.3 Å². The molecule has 0 N–H and O–H groups in total. The van der Waals surface area contributed by atoms with Crippen molar-refractivity contribution in [2.45, 2.75) is 66.4 Å². The molecule has 0 aromatic carbocycles. The third-order valence-electron chi connectivity index (χ3n) is 2.38. The Balaban J connectivity index is 0. The standard InChI is InChI=1S/C12H27OSi.Li/c1-10(2)7-6-8-11(13-14)9-12(3,4)5;/h11H,6-9H2,1-5,14H3;/q-1;+1. The zero-order chi connectivity index (χ0) is 11.2. The van der Waals surface area contributed by atoms with Crippen molar-refractivity contribution in [2.24, 2.45) is 5.41 Å². The summed E-state index contributed by atoms with van der Waals surface area (Å²) in [6.07, 6.45) is 5.46. The average Bonchev–Trinajstić information content (AvgIpc) is 1.99. The fourth-order valence-corrected chi connectivity index (χ4v) is 2.07. The number of rotatable bonds is 6. The molecule has 1 nitrogen and oxygen atoms in total. The maximum Gasteiger partial charge on any atom is 1.00 e. The Hall–Kier alpha value is 0.774. The van der Waals surface area contributed by atoms with Crippen LogP contribution in [-0.2, 0) is 4.43 Å². The average molecular weight is 222 g/mol. The summed E-state index contributed by atoms with van der Waals surface area (Å²) in [6.45, 7) is 11.3. The van der Waals surface area contributed by atoms with Gasteiger partial charge in [0.15, 0.2) is 0 Å². The smallest absolute Gasteiger partial charge is 0.425 e. The van der Waals surface area contributed by atoms with Gasteiger partial charge in [-0.1, -0.05) is 27.2 Å². The first-order chi connectivity index (χ1) is 6.35. The molecule has 0 aliphatic heterocycles. The summed E-state index contributed by atoms with van der Waals surface area (Å²) in [4.78, 5) is 0. The predicted octanol–water partition coefficient (Wildman–Crippen LogP) is -0.123. The zero-order valence-electron chi connectivity index (χ0n) is 11.8. The van der Waals surface area contributed by atoms with Crippen LogP contribution in [0, 0.1) is 11.3 Å². The summed E-state index contributed by atoms with van der Waals surface area (Å²) in [6, 6.07) is 0. The summed E-state index contributed by atoms with van der Waals surface area (Å²) >= 11 is 0. The van der Waals surface area contributed by atoms with E-state index >= 15 is 0 Å². The van der Waals surface area contributed by atoms with Crippen LogP contribution in [0.25, 0.3) is 0 Å². The fraction of sp³-hybridized carbons (Fsp3) is 0.917. The van der Waals surface area contributed by atoms with Crippen LogP contribution in [-0.4, -0.2) is 16.6 Å². The third-order valence-corrected chi connectivity index (χ3v) is 3.04.